The van der Waals surface area contributed by atoms with Crippen LogP contribution in [0.1, 0.15) is 23.2 Å². The van der Waals surface area contributed by atoms with Crippen molar-refractivity contribution in [2.24, 2.45) is 5.73 Å². The molecule has 2 N–H and O–H groups in total. The molecule has 0 radical (unpaired) electrons. The van der Waals surface area contributed by atoms with Gasteiger partial charge in [0.2, 0.25) is 5.95 Å². The van der Waals surface area contributed by atoms with Crippen molar-refractivity contribution in [2.75, 3.05) is 20.2 Å². The molecular weight excluding hydrogens is 237 g/mol. The van der Waals surface area contributed by atoms with Crippen LogP contribution in [-0.4, -0.2) is 42.0 Å². The minimum atomic E-state index is -0.868. The van der Waals surface area contributed by atoms with Gasteiger partial charge in [-0.3, -0.25) is 4.79 Å². The summed E-state index contributed by atoms with van der Waals surface area (Å²) in [6.45, 7) is 1.56. The standard InChI is InChI=1S/C12H16FN3O2/c1-16-4-2-3-8(16)7-18-9-5-10(12(14)17)11(13)15-6-9/h5-6,8H,2-4,7H2,1H3,(H2,14,17)/t8-/m0/s1. The third-order valence-electron chi connectivity index (χ3n) is 3.19. The van der Waals surface area contributed by atoms with Crippen molar-refractivity contribution in [3.63, 3.8) is 0 Å². The fraction of sp³-hybridized carbons (Fsp3) is 0.500. The van der Waals surface area contributed by atoms with E-state index in [0.29, 0.717) is 18.4 Å². The Morgan fingerprint density at radius 3 is 3.11 bits per heavy atom. The monoisotopic (exact) mass is 253 g/mol. The van der Waals surface area contributed by atoms with E-state index in [1.54, 1.807) is 0 Å². The van der Waals surface area contributed by atoms with E-state index in [4.69, 9.17) is 10.5 Å². The first-order valence-corrected chi connectivity index (χ1v) is 5.86. The quantitative estimate of drug-likeness (QED) is 0.806. The number of hydrogen-bond acceptors (Lipinski definition) is 4. The molecule has 2 rings (SSSR count). The molecule has 0 aromatic carbocycles. The van der Waals surface area contributed by atoms with Crippen molar-refractivity contribution in [3.05, 3.63) is 23.8 Å². The van der Waals surface area contributed by atoms with Gasteiger partial charge in [0.15, 0.2) is 0 Å². The molecule has 1 atom stereocenters. The summed E-state index contributed by atoms with van der Waals surface area (Å²) < 4.78 is 18.7. The number of nitrogens with two attached hydrogens (primary N) is 1. The highest BCUT2D eigenvalue weighted by Crippen LogP contribution is 2.18. The first-order valence-electron chi connectivity index (χ1n) is 5.86. The number of likely N-dealkylation sites (N-methyl/N-ethyl adjacent to an activating group) is 1. The molecule has 0 saturated carbocycles. The number of hydrogen-bond donors (Lipinski definition) is 1. The van der Waals surface area contributed by atoms with Crippen molar-refractivity contribution in [2.45, 2.75) is 18.9 Å². The SMILES string of the molecule is CN1CCC[C@H]1COc1cnc(F)c(C(N)=O)c1. The molecule has 18 heavy (non-hydrogen) atoms. The van der Waals surface area contributed by atoms with Crippen LogP contribution in [0.25, 0.3) is 0 Å². The number of carbonyl (C=O) groups excluding carboxylic acids is 1. The van der Waals surface area contributed by atoms with Gasteiger partial charge in [-0.2, -0.15) is 4.39 Å². The minimum Gasteiger partial charge on any atom is -0.490 e. The zero-order chi connectivity index (χ0) is 13.1. The molecule has 98 valence electrons. The minimum absolute atomic E-state index is 0.243. The average molecular weight is 253 g/mol. The molecule has 0 unspecified atom stereocenters. The van der Waals surface area contributed by atoms with Gasteiger partial charge in [-0.05, 0) is 32.5 Å². The van der Waals surface area contributed by atoms with E-state index < -0.39 is 11.9 Å². The second-order valence-corrected chi connectivity index (χ2v) is 4.46. The Balaban J connectivity index is 2.01. The van der Waals surface area contributed by atoms with E-state index in [1.807, 2.05) is 7.05 Å². The number of nitrogens with zero attached hydrogens (tertiary/aromatic N) is 2. The van der Waals surface area contributed by atoms with Gasteiger partial charge in [0.1, 0.15) is 12.4 Å². The van der Waals surface area contributed by atoms with Crippen molar-refractivity contribution >= 4 is 5.91 Å². The summed E-state index contributed by atoms with van der Waals surface area (Å²) in [7, 11) is 2.04. The summed E-state index contributed by atoms with van der Waals surface area (Å²) in [6, 6.07) is 1.65. The van der Waals surface area contributed by atoms with Gasteiger partial charge in [-0.15, -0.1) is 0 Å². The first-order chi connectivity index (χ1) is 8.58. The van der Waals surface area contributed by atoms with Gasteiger partial charge < -0.3 is 15.4 Å². The number of carbonyl (C=O) groups is 1. The summed E-state index contributed by atoms with van der Waals surface area (Å²) in [6.07, 6.45) is 3.49. The smallest absolute Gasteiger partial charge is 0.253 e. The molecule has 1 amide bonds. The fourth-order valence-corrected chi connectivity index (χ4v) is 2.06. The largest absolute Gasteiger partial charge is 0.490 e. The fourth-order valence-electron chi connectivity index (χ4n) is 2.06. The van der Waals surface area contributed by atoms with E-state index in [-0.39, 0.29) is 5.56 Å². The Morgan fingerprint density at radius 2 is 2.50 bits per heavy atom. The average Bonchev–Trinajstić information content (AvgIpc) is 2.73. The molecule has 1 saturated heterocycles. The second kappa shape index (κ2) is 5.30. The van der Waals surface area contributed by atoms with Crippen LogP contribution in [0.5, 0.6) is 5.75 Å². The lowest BCUT2D eigenvalue weighted by Gasteiger charge is -2.19. The Morgan fingerprint density at radius 1 is 1.72 bits per heavy atom. The van der Waals surface area contributed by atoms with Crippen LogP contribution in [0, 0.1) is 5.95 Å². The summed E-state index contributed by atoms with van der Waals surface area (Å²) in [5.74, 6) is -1.35. The third kappa shape index (κ3) is 2.76. The van der Waals surface area contributed by atoms with E-state index in [1.165, 1.54) is 12.3 Å². The lowest BCUT2D eigenvalue weighted by Crippen LogP contribution is -2.30. The zero-order valence-electron chi connectivity index (χ0n) is 10.2. The molecule has 1 aromatic rings. The van der Waals surface area contributed by atoms with Crippen molar-refractivity contribution in [1.82, 2.24) is 9.88 Å². The van der Waals surface area contributed by atoms with Crippen LogP contribution in [0.15, 0.2) is 12.3 Å². The highest BCUT2D eigenvalue weighted by molar-refractivity contribution is 5.93. The van der Waals surface area contributed by atoms with Gasteiger partial charge in [0, 0.05) is 6.04 Å². The van der Waals surface area contributed by atoms with E-state index in [9.17, 15) is 9.18 Å². The maximum atomic E-state index is 13.1. The molecule has 2 heterocycles. The van der Waals surface area contributed by atoms with Crippen LogP contribution in [0.3, 0.4) is 0 Å². The van der Waals surface area contributed by atoms with Crippen LogP contribution in [0.2, 0.25) is 0 Å². The number of pyridine rings is 1. The van der Waals surface area contributed by atoms with Crippen LogP contribution in [-0.2, 0) is 0 Å². The number of rotatable bonds is 4. The molecule has 5 nitrogen and oxygen atoms in total. The predicted octanol–water partition coefficient (Wildman–Crippen LogP) is 0.793. The normalized spacial score (nSPS) is 20.0. The maximum absolute atomic E-state index is 13.1. The number of ether oxygens (including phenoxy) is 1. The Bertz CT molecular complexity index is 453. The van der Waals surface area contributed by atoms with Crippen LogP contribution in [0.4, 0.5) is 4.39 Å². The molecule has 1 aromatic heterocycles. The molecule has 0 aliphatic carbocycles. The number of halogens is 1. The topological polar surface area (TPSA) is 68.4 Å². The highest BCUT2D eigenvalue weighted by atomic mass is 19.1. The summed E-state index contributed by atoms with van der Waals surface area (Å²) >= 11 is 0. The molecule has 1 fully saturated rings. The van der Waals surface area contributed by atoms with Gasteiger partial charge in [-0.25, -0.2) is 4.98 Å². The lowest BCUT2D eigenvalue weighted by atomic mass is 10.2. The Hall–Kier alpha value is -1.69. The number of amides is 1. The maximum Gasteiger partial charge on any atom is 0.253 e. The third-order valence-corrected chi connectivity index (χ3v) is 3.19. The van der Waals surface area contributed by atoms with Gasteiger partial charge >= 0.3 is 0 Å². The molecule has 0 spiro atoms. The number of likely N-dealkylation sites (tertiary alicyclic amines) is 1. The van der Waals surface area contributed by atoms with Gasteiger partial charge in [0.05, 0.1) is 11.8 Å². The van der Waals surface area contributed by atoms with Crippen molar-refractivity contribution in [1.29, 1.82) is 0 Å². The van der Waals surface area contributed by atoms with Crippen LogP contribution >= 0.6 is 0 Å². The molecule has 1 aliphatic heterocycles. The molecule has 6 heteroatoms. The van der Waals surface area contributed by atoms with E-state index >= 15 is 0 Å². The second-order valence-electron chi connectivity index (χ2n) is 4.46. The van der Waals surface area contributed by atoms with Crippen molar-refractivity contribution in [3.8, 4) is 5.75 Å². The first kappa shape index (κ1) is 12.8. The van der Waals surface area contributed by atoms with Crippen LogP contribution < -0.4 is 10.5 Å². The lowest BCUT2D eigenvalue weighted by molar-refractivity contribution is 0.0994. The van der Waals surface area contributed by atoms with E-state index in [0.717, 1.165) is 19.4 Å². The summed E-state index contributed by atoms with van der Waals surface area (Å²) in [5.41, 5.74) is 4.80. The number of aromatic nitrogens is 1. The van der Waals surface area contributed by atoms with E-state index in [2.05, 4.69) is 9.88 Å². The number of primary amides is 1. The van der Waals surface area contributed by atoms with Crippen molar-refractivity contribution < 1.29 is 13.9 Å². The molecule has 0 bridgehead atoms. The Labute approximate surface area is 105 Å². The Kier molecular flexibility index (Phi) is 3.76. The summed E-state index contributed by atoms with van der Waals surface area (Å²) in [5, 5.41) is 0. The zero-order valence-corrected chi connectivity index (χ0v) is 10.2. The molecular formula is C12H16FN3O2. The highest BCUT2D eigenvalue weighted by Gasteiger charge is 2.21. The van der Waals surface area contributed by atoms with Gasteiger partial charge in [-0.1, -0.05) is 0 Å². The van der Waals surface area contributed by atoms with Gasteiger partial charge in [0.25, 0.3) is 5.91 Å². The summed E-state index contributed by atoms with van der Waals surface area (Å²) in [4.78, 5) is 16.6. The predicted molar refractivity (Wildman–Crippen MR) is 63.9 cm³/mol. The molecule has 1 aliphatic rings.